The molecular weight excluding hydrogens is 821 g/mol. The third kappa shape index (κ3) is 15.2. The Morgan fingerprint density at radius 2 is 1.41 bits per heavy atom. The Kier molecular flexibility index (Phi) is 23.3. The van der Waals surface area contributed by atoms with E-state index in [1.807, 2.05) is 0 Å². The van der Waals surface area contributed by atoms with Crippen molar-refractivity contribution in [2.24, 2.45) is 52.3 Å². The van der Waals surface area contributed by atoms with Crippen LogP contribution in [0, 0.1) is 52.3 Å². The fraction of sp³-hybridized carbons (Fsp3) is 0.814. The third-order valence-electron chi connectivity index (χ3n) is 17.7. The highest BCUT2D eigenvalue weighted by Crippen LogP contribution is 2.67. The summed E-state index contributed by atoms with van der Waals surface area (Å²) in [7, 11) is 0. The molecule has 7 heteroatoms. The molecule has 0 spiro atoms. The molecule has 0 amide bonds. The van der Waals surface area contributed by atoms with E-state index in [1.165, 1.54) is 89.0 Å². The third-order valence-corrected chi connectivity index (χ3v) is 17.7. The summed E-state index contributed by atoms with van der Waals surface area (Å²) in [6.45, 7) is 16.7. The molecular formula is C59H98O7. The van der Waals surface area contributed by atoms with Crippen LogP contribution in [-0.2, 0) is 19.0 Å². The lowest BCUT2D eigenvalue weighted by atomic mass is 9.47. The quantitative estimate of drug-likeness (QED) is 0.0408. The number of carbonyl (C=O) groups is 1. The van der Waals surface area contributed by atoms with Crippen LogP contribution in [0.15, 0.2) is 60.3 Å². The maximum Gasteiger partial charge on any atom is 0.305 e. The van der Waals surface area contributed by atoms with Gasteiger partial charge in [-0.25, -0.2) is 0 Å². The van der Waals surface area contributed by atoms with Crippen molar-refractivity contribution in [3.05, 3.63) is 60.3 Å². The highest BCUT2D eigenvalue weighted by atomic mass is 16.7. The van der Waals surface area contributed by atoms with E-state index in [9.17, 15) is 20.1 Å². The number of hydrogen-bond acceptors (Lipinski definition) is 7. The predicted octanol–water partition coefficient (Wildman–Crippen LogP) is 14.1. The number of aliphatic hydroxyl groups excluding tert-OH is 3. The van der Waals surface area contributed by atoms with E-state index in [2.05, 4.69) is 103 Å². The highest BCUT2D eigenvalue weighted by molar-refractivity contribution is 5.69. The molecule has 376 valence electrons. The van der Waals surface area contributed by atoms with Crippen LogP contribution in [0.3, 0.4) is 0 Å². The fourth-order valence-electron chi connectivity index (χ4n) is 13.4. The van der Waals surface area contributed by atoms with E-state index in [0.29, 0.717) is 35.5 Å². The number of esters is 1. The fourth-order valence-corrected chi connectivity index (χ4v) is 13.4. The van der Waals surface area contributed by atoms with Gasteiger partial charge in [0.15, 0.2) is 6.29 Å². The molecule has 14 atom stereocenters. The molecule has 0 aromatic heterocycles. The first kappa shape index (κ1) is 54.9. The number of fused-ring (bicyclic) bond motifs is 5. The summed E-state index contributed by atoms with van der Waals surface area (Å²) < 4.78 is 18.1. The molecule has 4 aliphatic carbocycles. The second kappa shape index (κ2) is 28.0. The largest absolute Gasteiger partial charge is 0.463 e. The second-order valence-corrected chi connectivity index (χ2v) is 22.5. The van der Waals surface area contributed by atoms with Crippen molar-refractivity contribution in [1.29, 1.82) is 0 Å². The lowest BCUT2D eigenvalue weighted by Gasteiger charge is -2.58. The van der Waals surface area contributed by atoms with Gasteiger partial charge in [-0.1, -0.05) is 160 Å². The summed E-state index contributed by atoms with van der Waals surface area (Å²) >= 11 is 0. The molecule has 5 aliphatic rings. The molecule has 0 aromatic rings. The average Bonchev–Trinajstić information content (AvgIpc) is 3.66. The number of allylic oxidation sites excluding steroid dienone is 9. The molecule has 0 aromatic carbocycles. The maximum absolute atomic E-state index is 12.7. The zero-order valence-corrected chi connectivity index (χ0v) is 43.1. The van der Waals surface area contributed by atoms with Crippen LogP contribution in [0.5, 0.6) is 0 Å². The van der Waals surface area contributed by atoms with E-state index in [1.54, 1.807) is 0 Å². The molecule has 0 bridgehead atoms. The van der Waals surface area contributed by atoms with Gasteiger partial charge in [-0.3, -0.25) is 4.79 Å². The number of rotatable bonds is 28. The van der Waals surface area contributed by atoms with E-state index in [-0.39, 0.29) is 24.1 Å². The molecule has 14 unspecified atom stereocenters. The molecule has 3 N–H and O–H groups in total. The summed E-state index contributed by atoms with van der Waals surface area (Å²) in [5, 5.41) is 32.6. The van der Waals surface area contributed by atoms with Crippen LogP contribution in [0.4, 0.5) is 0 Å². The summed E-state index contributed by atoms with van der Waals surface area (Å²) in [6, 6.07) is 0. The second-order valence-electron chi connectivity index (χ2n) is 22.5. The molecule has 1 heterocycles. The van der Waals surface area contributed by atoms with Gasteiger partial charge in [0.25, 0.3) is 0 Å². The van der Waals surface area contributed by atoms with Crippen LogP contribution in [0.25, 0.3) is 0 Å². The van der Waals surface area contributed by atoms with Crippen molar-refractivity contribution in [3.8, 4) is 0 Å². The molecule has 0 radical (unpaired) electrons. The zero-order valence-electron chi connectivity index (χ0n) is 43.1. The van der Waals surface area contributed by atoms with E-state index in [0.717, 1.165) is 88.4 Å². The molecule has 4 fully saturated rings. The van der Waals surface area contributed by atoms with Crippen LogP contribution in [0.1, 0.15) is 209 Å². The summed E-state index contributed by atoms with van der Waals surface area (Å²) in [5.41, 5.74) is 2.04. The summed E-state index contributed by atoms with van der Waals surface area (Å²) in [6.07, 6.45) is 43.0. The number of hydrogen-bond donors (Lipinski definition) is 3. The normalized spacial score (nSPS) is 34.6. The van der Waals surface area contributed by atoms with Gasteiger partial charge in [-0.05, 0) is 155 Å². The van der Waals surface area contributed by atoms with Crippen LogP contribution in [0.2, 0.25) is 0 Å². The van der Waals surface area contributed by atoms with Gasteiger partial charge >= 0.3 is 5.97 Å². The minimum Gasteiger partial charge on any atom is -0.463 e. The molecule has 66 heavy (non-hydrogen) atoms. The van der Waals surface area contributed by atoms with Crippen molar-refractivity contribution < 1.29 is 34.3 Å². The van der Waals surface area contributed by atoms with Crippen LogP contribution < -0.4 is 0 Å². The Morgan fingerprint density at radius 3 is 2.08 bits per heavy atom. The Balaban J connectivity index is 0.964. The summed E-state index contributed by atoms with van der Waals surface area (Å²) in [5.74, 6) is 4.58. The van der Waals surface area contributed by atoms with Crippen molar-refractivity contribution in [2.75, 3.05) is 6.61 Å². The van der Waals surface area contributed by atoms with Crippen LogP contribution in [-0.4, -0.2) is 64.7 Å². The Morgan fingerprint density at radius 1 is 0.758 bits per heavy atom. The number of aliphatic hydroxyl groups is 3. The minimum absolute atomic E-state index is 0.150. The van der Waals surface area contributed by atoms with E-state index < -0.39 is 30.7 Å². The SMILES string of the molecule is CCCCCCC/C=C\C/C=C\C/C=C\CCCCCCCCC(=O)OCC1OC(OC2CCC3(C)C(=CCC4C3CCC3(C)C(C(C)/C=C/C(CC)C(C)C)CCC43)C2)C(O)C(O)C1O. The van der Waals surface area contributed by atoms with Crippen LogP contribution >= 0.6 is 0 Å². The number of carbonyl (C=O) groups excluding carboxylic acids is 1. The topological polar surface area (TPSA) is 105 Å². The van der Waals surface area contributed by atoms with Gasteiger partial charge in [0.1, 0.15) is 31.0 Å². The number of unbranched alkanes of at least 4 members (excludes halogenated alkanes) is 11. The van der Waals surface area contributed by atoms with Gasteiger partial charge in [-0.2, -0.15) is 0 Å². The Bertz CT molecular complexity index is 1560. The average molecular weight is 919 g/mol. The highest BCUT2D eigenvalue weighted by Gasteiger charge is 2.59. The Hall–Kier alpha value is -2.03. The molecule has 3 saturated carbocycles. The van der Waals surface area contributed by atoms with E-state index in [4.69, 9.17) is 14.2 Å². The van der Waals surface area contributed by atoms with Crippen molar-refractivity contribution >= 4 is 5.97 Å². The Labute approximate surface area is 403 Å². The molecule has 5 rings (SSSR count). The maximum atomic E-state index is 12.7. The van der Waals surface area contributed by atoms with E-state index >= 15 is 0 Å². The van der Waals surface area contributed by atoms with Gasteiger partial charge in [0, 0.05) is 6.42 Å². The zero-order chi connectivity index (χ0) is 47.5. The lowest BCUT2D eigenvalue weighted by Crippen LogP contribution is -2.60. The first-order valence-electron chi connectivity index (χ1n) is 27.7. The van der Waals surface area contributed by atoms with Gasteiger partial charge in [-0.15, -0.1) is 0 Å². The van der Waals surface area contributed by atoms with Crippen molar-refractivity contribution in [3.63, 3.8) is 0 Å². The van der Waals surface area contributed by atoms with Gasteiger partial charge in [0.05, 0.1) is 6.10 Å². The van der Waals surface area contributed by atoms with Gasteiger partial charge < -0.3 is 29.5 Å². The first-order valence-corrected chi connectivity index (χ1v) is 27.7. The molecule has 7 nitrogen and oxygen atoms in total. The molecule has 1 aliphatic heterocycles. The first-order chi connectivity index (χ1) is 31.8. The molecule has 1 saturated heterocycles. The standard InChI is InChI=1S/C59H98O7/c1-8-10-11-12-13-14-15-16-17-18-19-20-21-22-23-24-25-26-27-28-29-30-53(60)64-42-52-54(61)55(62)56(63)57(66-52)65-47-37-39-58(6)46(41-47)33-34-48-50-36-35-49(59(50,7)40-38-51(48)58)44(5)31-32-45(9-2)43(3)4/h15-16,18-19,21-22,31-33,43-45,47-52,54-57,61-63H,8-14,17,20,23-30,34-42H2,1-7H3/b16-15-,19-18-,22-21-,32-31+. The summed E-state index contributed by atoms with van der Waals surface area (Å²) in [4.78, 5) is 12.7. The minimum atomic E-state index is -1.46. The van der Waals surface area contributed by atoms with Crippen molar-refractivity contribution in [1.82, 2.24) is 0 Å². The van der Waals surface area contributed by atoms with Crippen molar-refractivity contribution in [2.45, 2.75) is 246 Å². The van der Waals surface area contributed by atoms with Gasteiger partial charge in [0.2, 0.25) is 0 Å². The predicted molar refractivity (Wildman–Crippen MR) is 272 cm³/mol. The lowest BCUT2D eigenvalue weighted by molar-refractivity contribution is -0.313. The smallest absolute Gasteiger partial charge is 0.305 e. The monoisotopic (exact) mass is 919 g/mol. The number of ether oxygens (including phenoxy) is 3.